The third-order valence-electron chi connectivity index (χ3n) is 4.87. The van der Waals surface area contributed by atoms with E-state index in [4.69, 9.17) is 0 Å². The van der Waals surface area contributed by atoms with Crippen LogP contribution in [0, 0.1) is 0 Å². The molecule has 30 heavy (non-hydrogen) atoms. The Labute approximate surface area is 171 Å². The van der Waals surface area contributed by atoms with Crippen LogP contribution in [0.15, 0.2) is 54.7 Å². The maximum absolute atomic E-state index is 13.0. The SMILES string of the molecule is CC(=O)N[C@H](Cc1c[nH]c2ccccc12)C(=O)N[C@@H](C)c1cccc(C(F)(F)F)c1. The Morgan fingerprint density at radius 2 is 1.80 bits per heavy atom. The maximum Gasteiger partial charge on any atom is 0.416 e. The fourth-order valence-electron chi connectivity index (χ4n) is 3.36. The largest absolute Gasteiger partial charge is 0.416 e. The van der Waals surface area contributed by atoms with Crippen LogP contribution in [0.3, 0.4) is 0 Å². The molecule has 3 aromatic rings. The molecule has 0 saturated carbocycles. The third-order valence-corrected chi connectivity index (χ3v) is 4.87. The fourth-order valence-corrected chi connectivity index (χ4v) is 3.36. The van der Waals surface area contributed by atoms with E-state index in [1.165, 1.54) is 19.1 Å². The van der Waals surface area contributed by atoms with Gasteiger partial charge in [-0.2, -0.15) is 13.2 Å². The van der Waals surface area contributed by atoms with Crippen LogP contribution in [-0.4, -0.2) is 22.8 Å². The summed E-state index contributed by atoms with van der Waals surface area (Å²) < 4.78 is 38.9. The van der Waals surface area contributed by atoms with E-state index in [-0.39, 0.29) is 12.3 Å². The van der Waals surface area contributed by atoms with Crippen molar-refractivity contribution in [1.82, 2.24) is 15.6 Å². The number of para-hydroxylation sites is 1. The summed E-state index contributed by atoms with van der Waals surface area (Å²) in [5.41, 5.74) is 1.31. The first-order valence-electron chi connectivity index (χ1n) is 9.45. The number of halogens is 3. The molecule has 0 unspecified atom stereocenters. The molecule has 2 atom stereocenters. The van der Waals surface area contributed by atoms with Gasteiger partial charge in [0.2, 0.25) is 11.8 Å². The lowest BCUT2D eigenvalue weighted by molar-refractivity contribution is -0.137. The van der Waals surface area contributed by atoms with Crippen molar-refractivity contribution in [2.24, 2.45) is 0 Å². The maximum atomic E-state index is 13.0. The number of H-pyrrole nitrogens is 1. The van der Waals surface area contributed by atoms with E-state index in [9.17, 15) is 22.8 Å². The van der Waals surface area contributed by atoms with Crippen LogP contribution in [0.25, 0.3) is 10.9 Å². The molecule has 1 heterocycles. The predicted molar refractivity (Wildman–Crippen MR) is 108 cm³/mol. The highest BCUT2D eigenvalue weighted by molar-refractivity contribution is 5.89. The number of carbonyl (C=O) groups excluding carboxylic acids is 2. The van der Waals surface area contributed by atoms with Gasteiger partial charge in [-0.05, 0) is 36.2 Å². The van der Waals surface area contributed by atoms with Gasteiger partial charge in [-0.25, -0.2) is 0 Å². The molecule has 2 amide bonds. The van der Waals surface area contributed by atoms with Gasteiger partial charge in [0.25, 0.3) is 0 Å². The number of nitrogens with one attached hydrogen (secondary N) is 3. The van der Waals surface area contributed by atoms with Gasteiger partial charge in [0.05, 0.1) is 11.6 Å². The number of hydrogen-bond acceptors (Lipinski definition) is 2. The van der Waals surface area contributed by atoms with Gasteiger partial charge in [-0.3, -0.25) is 9.59 Å². The molecule has 0 radical (unpaired) electrons. The minimum Gasteiger partial charge on any atom is -0.361 e. The third kappa shape index (κ3) is 5.00. The molecule has 0 aliphatic carbocycles. The lowest BCUT2D eigenvalue weighted by Gasteiger charge is -2.21. The van der Waals surface area contributed by atoms with E-state index in [1.54, 1.807) is 13.1 Å². The number of alkyl halides is 3. The van der Waals surface area contributed by atoms with Gasteiger partial charge < -0.3 is 15.6 Å². The zero-order chi connectivity index (χ0) is 21.9. The monoisotopic (exact) mass is 417 g/mol. The summed E-state index contributed by atoms with van der Waals surface area (Å²) in [7, 11) is 0. The van der Waals surface area contributed by atoms with Crippen molar-refractivity contribution >= 4 is 22.7 Å². The van der Waals surface area contributed by atoms with Crippen LogP contribution >= 0.6 is 0 Å². The second-order valence-electron chi connectivity index (χ2n) is 7.17. The highest BCUT2D eigenvalue weighted by Gasteiger charge is 2.31. The summed E-state index contributed by atoms with van der Waals surface area (Å²) >= 11 is 0. The number of rotatable bonds is 6. The highest BCUT2D eigenvalue weighted by atomic mass is 19.4. The number of amides is 2. The van der Waals surface area contributed by atoms with Crippen LogP contribution in [0.1, 0.15) is 36.6 Å². The Morgan fingerprint density at radius 1 is 1.07 bits per heavy atom. The standard InChI is InChI=1S/C22H22F3N3O2/c1-13(15-6-5-7-17(10-15)22(23,24)25)27-21(30)20(28-14(2)29)11-16-12-26-19-9-4-3-8-18(16)19/h3-10,12-13,20,26H,11H2,1-2H3,(H,27,30)(H,28,29)/t13-,20+/m0/s1. The van der Waals surface area contributed by atoms with E-state index in [2.05, 4.69) is 15.6 Å². The zero-order valence-corrected chi connectivity index (χ0v) is 16.5. The molecule has 0 spiro atoms. The summed E-state index contributed by atoms with van der Waals surface area (Å²) in [6.45, 7) is 2.91. The van der Waals surface area contributed by atoms with Gasteiger partial charge in [-0.15, -0.1) is 0 Å². The van der Waals surface area contributed by atoms with Gasteiger partial charge in [0.1, 0.15) is 6.04 Å². The Morgan fingerprint density at radius 3 is 2.50 bits per heavy atom. The minimum absolute atomic E-state index is 0.241. The molecule has 158 valence electrons. The van der Waals surface area contributed by atoms with Crippen LogP contribution in [0.5, 0.6) is 0 Å². The van der Waals surface area contributed by atoms with Crippen LogP contribution in [0.2, 0.25) is 0 Å². The van der Waals surface area contributed by atoms with Crippen LogP contribution in [-0.2, 0) is 22.2 Å². The zero-order valence-electron chi connectivity index (χ0n) is 16.5. The van der Waals surface area contributed by atoms with Crippen molar-refractivity contribution < 1.29 is 22.8 Å². The first kappa shape index (κ1) is 21.4. The normalized spacial score (nSPS) is 13.6. The number of hydrogen-bond donors (Lipinski definition) is 3. The highest BCUT2D eigenvalue weighted by Crippen LogP contribution is 2.30. The fraction of sp³-hybridized carbons (Fsp3) is 0.273. The Bertz CT molecular complexity index is 1060. The first-order chi connectivity index (χ1) is 14.1. The molecule has 0 aliphatic rings. The van der Waals surface area contributed by atoms with Crippen LogP contribution < -0.4 is 10.6 Å². The molecule has 2 aromatic carbocycles. The van der Waals surface area contributed by atoms with Gasteiger partial charge in [-0.1, -0.05) is 30.3 Å². The van der Waals surface area contributed by atoms with E-state index in [0.717, 1.165) is 28.6 Å². The molecular weight excluding hydrogens is 395 g/mol. The second kappa shape index (κ2) is 8.61. The van der Waals surface area contributed by atoms with Crippen molar-refractivity contribution in [3.63, 3.8) is 0 Å². The number of benzene rings is 2. The van der Waals surface area contributed by atoms with Crippen molar-refractivity contribution in [3.05, 3.63) is 71.4 Å². The lowest BCUT2D eigenvalue weighted by Crippen LogP contribution is -2.47. The molecule has 3 N–H and O–H groups in total. The summed E-state index contributed by atoms with van der Waals surface area (Å²) in [5, 5.41) is 6.28. The average molecular weight is 417 g/mol. The first-order valence-corrected chi connectivity index (χ1v) is 9.45. The van der Waals surface area contributed by atoms with E-state index >= 15 is 0 Å². The van der Waals surface area contributed by atoms with E-state index in [0.29, 0.717) is 5.56 Å². The molecule has 3 rings (SSSR count). The molecule has 1 aromatic heterocycles. The Balaban J connectivity index is 1.78. The number of aromatic nitrogens is 1. The lowest BCUT2D eigenvalue weighted by atomic mass is 10.0. The molecular formula is C22H22F3N3O2. The minimum atomic E-state index is -4.46. The molecule has 0 aliphatic heterocycles. The van der Waals surface area contributed by atoms with Gasteiger partial charge in [0, 0.05) is 30.4 Å². The molecule has 0 fully saturated rings. The number of carbonyl (C=O) groups is 2. The average Bonchev–Trinajstić information content (AvgIpc) is 3.09. The summed E-state index contributed by atoms with van der Waals surface area (Å²) in [6, 6.07) is 10.9. The van der Waals surface area contributed by atoms with Gasteiger partial charge >= 0.3 is 6.18 Å². The summed E-state index contributed by atoms with van der Waals surface area (Å²) in [5.74, 6) is -0.845. The predicted octanol–water partition coefficient (Wildman–Crippen LogP) is 4.11. The molecule has 5 nitrogen and oxygen atoms in total. The quantitative estimate of drug-likeness (QED) is 0.565. The Hall–Kier alpha value is -3.29. The van der Waals surface area contributed by atoms with Crippen molar-refractivity contribution in [1.29, 1.82) is 0 Å². The summed E-state index contributed by atoms with van der Waals surface area (Å²) in [4.78, 5) is 27.6. The molecule has 0 bridgehead atoms. The van der Waals surface area contributed by atoms with Crippen molar-refractivity contribution in [3.8, 4) is 0 Å². The smallest absolute Gasteiger partial charge is 0.361 e. The van der Waals surface area contributed by atoms with Crippen LogP contribution in [0.4, 0.5) is 13.2 Å². The van der Waals surface area contributed by atoms with E-state index < -0.39 is 29.7 Å². The summed E-state index contributed by atoms with van der Waals surface area (Å²) in [6.07, 6.45) is -2.44. The topological polar surface area (TPSA) is 74.0 Å². The molecule has 0 saturated heterocycles. The van der Waals surface area contributed by atoms with Crippen molar-refractivity contribution in [2.45, 2.75) is 38.5 Å². The molecule has 8 heteroatoms. The van der Waals surface area contributed by atoms with Gasteiger partial charge in [0.15, 0.2) is 0 Å². The second-order valence-corrected chi connectivity index (χ2v) is 7.17. The number of fused-ring (bicyclic) bond motifs is 1. The van der Waals surface area contributed by atoms with E-state index in [1.807, 2.05) is 24.3 Å². The number of aromatic amines is 1. The van der Waals surface area contributed by atoms with Crippen molar-refractivity contribution in [2.75, 3.05) is 0 Å². The Kier molecular flexibility index (Phi) is 6.14.